The van der Waals surface area contributed by atoms with Gasteiger partial charge in [-0.2, -0.15) is 0 Å². The van der Waals surface area contributed by atoms with Crippen molar-refractivity contribution in [3.63, 3.8) is 0 Å². The van der Waals surface area contributed by atoms with E-state index in [1.165, 1.54) is 0 Å². The molecule has 0 saturated heterocycles. The number of imidazole rings is 1. The summed E-state index contributed by atoms with van der Waals surface area (Å²) in [7, 11) is 1.67. The lowest BCUT2D eigenvalue weighted by molar-refractivity contribution is 0.409. The van der Waals surface area contributed by atoms with Crippen LogP contribution in [0.4, 0.5) is 0 Å². The second-order valence-corrected chi connectivity index (χ2v) is 5.36. The van der Waals surface area contributed by atoms with Crippen LogP contribution < -0.4 is 10.5 Å². The van der Waals surface area contributed by atoms with Crippen LogP contribution in [0.15, 0.2) is 36.7 Å². The van der Waals surface area contributed by atoms with Crippen molar-refractivity contribution in [1.29, 1.82) is 0 Å². The molecular formula is C16H23N3O. The maximum Gasteiger partial charge on any atom is 0.119 e. The Labute approximate surface area is 120 Å². The van der Waals surface area contributed by atoms with Gasteiger partial charge in [0, 0.05) is 30.9 Å². The molecule has 0 radical (unpaired) electrons. The number of nitrogens with zero attached hydrogens (tertiary/aromatic N) is 2. The molecular weight excluding hydrogens is 250 g/mol. The van der Waals surface area contributed by atoms with E-state index in [0.29, 0.717) is 6.42 Å². The number of rotatable bonds is 6. The van der Waals surface area contributed by atoms with Crippen molar-refractivity contribution in [2.45, 2.75) is 38.8 Å². The zero-order chi connectivity index (χ0) is 14.6. The maximum absolute atomic E-state index is 6.51. The molecule has 0 spiro atoms. The van der Waals surface area contributed by atoms with Crippen LogP contribution in [0, 0.1) is 0 Å². The van der Waals surface area contributed by atoms with Gasteiger partial charge in [-0.25, -0.2) is 4.98 Å². The Morgan fingerprint density at radius 2 is 2.20 bits per heavy atom. The van der Waals surface area contributed by atoms with Gasteiger partial charge in [0.1, 0.15) is 11.6 Å². The van der Waals surface area contributed by atoms with Crippen molar-refractivity contribution in [3.8, 4) is 5.75 Å². The molecule has 1 unspecified atom stereocenters. The molecule has 1 aromatic carbocycles. The standard InChI is InChI=1S/C16H23N3O/c1-4-9-19-10-8-18-15(19)12-16(2,17)13-6-5-7-14(11-13)20-3/h5-8,10-11H,4,9,12,17H2,1-3H3. The van der Waals surface area contributed by atoms with Crippen molar-refractivity contribution >= 4 is 0 Å². The molecule has 20 heavy (non-hydrogen) atoms. The predicted octanol–water partition coefficient (Wildman–Crippen LogP) is 2.72. The highest BCUT2D eigenvalue weighted by Crippen LogP contribution is 2.25. The molecule has 2 rings (SSSR count). The van der Waals surface area contributed by atoms with Gasteiger partial charge in [-0.1, -0.05) is 19.1 Å². The van der Waals surface area contributed by atoms with Crippen molar-refractivity contribution in [2.75, 3.05) is 7.11 Å². The molecule has 4 heteroatoms. The predicted molar refractivity (Wildman–Crippen MR) is 80.8 cm³/mol. The van der Waals surface area contributed by atoms with Crippen LogP contribution in [0.1, 0.15) is 31.7 Å². The van der Waals surface area contributed by atoms with Gasteiger partial charge in [0.05, 0.1) is 7.11 Å². The molecule has 0 bridgehead atoms. The van der Waals surface area contributed by atoms with Crippen LogP contribution in [0.5, 0.6) is 5.75 Å². The molecule has 0 fully saturated rings. The maximum atomic E-state index is 6.51. The summed E-state index contributed by atoms with van der Waals surface area (Å²) in [6.45, 7) is 5.17. The number of nitrogens with two attached hydrogens (primary N) is 1. The second-order valence-electron chi connectivity index (χ2n) is 5.36. The van der Waals surface area contributed by atoms with Crippen LogP contribution in [0.2, 0.25) is 0 Å². The molecule has 0 aliphatic heterocycles. The summed E-state index contributed by atoms with van der Waals surface area (Å²) in [5.41, 5.74) is 7.10. The van der Waals surface area contributed by atoms with Gasteiger partial charge in [0.2, 0.25) is 0 Å². The zero-order valence-electron chi connectivity index (χ0n) is 12.5. The highest BCUT2D eigenvalue weighted by molar-refractivity contribution is 5.33. The molecule has 1 atom stereocenters. The Morgan fingerprint density at radius 3 is 2.90 bits per heavy atom. The van der Waals surface area contributed by atoms with Gasteiger partial charge < -0.3 is 15.0 Å². The molecule has 1 heterocycles. The van der Waals surface area contributed by atoms with Gasteiger partial charge in [-0.15, -0.1) is 0 Å². The van der Waals surface area contributed by atoms with E-state index in [4.69, 9.17) is 10.5 Å². The van der Waals surface area contributed by atoms with E-state index in [-0.39, 0.29) is 0 Å². The van der Waals surface area contributed by atoms with Crippen LogP contribution in [-0.4, -0.2) is 16.7 Å². The average molecular weight is 273 g/mol. The average Bonchev–Trinajstić information content (AvgIpc) is 2.86. The van der Waals surface area contributed by atoms with Crippen LogP contribution in [-0.2, 0) is 18.5 Å². The lowest BCUT2D eigenvalue weighted by Gasteiger charge is -2.25. The molecule has 108 valence electrons. The summed E-state index contributed by atoms with van der Waals surface area (Å²) in [6, 6.07) is 7.93. The molecule has 2 aromatic rings. The van der Waals surface area contributed by atoms with E-state index in [1.54, 1.807) is 7.11 Å². The van der Waals surface area contributed by atoms with Crippen LogP contribution >= 0.6 is 0 Å². The fourth-order valence-electron chi connectivity index (χ4n) is 2.36. The zero-order valence-corrected chi connectivity index (χ0v) is 12.5. The molecule has 1 aromatic heterocycles. The molecule has 0 amide bonds. The number of ether oxygens (including phenoxy) is 1. The molecule has 0 saturated carbocycles. The number of benzene rings is 1. The summed E-state index contributed by atoms with van der Waals surface area (Å²) in [5.74, 6) is 1.86. The smallest absolute Gasteiger partial charge is 0.119 e. The monoisotopic (exact) mass is 273 g/mol. The minimum Gasteiger partial charge on any atom is -0.497 e. The van der Waals surface area contributed by atoms with E-state index >= 15 is 0 Å². The van der Waals surface area contributed by atoms with Crippen LogP contribution in [0.3, 0.4) is 0 Å². The number of hydrogen-bond donors (Lipinski definition) is 1. The quantitative estimate of drug-likeness (QED) is 0.880. The number of hydrogen-bond acceptors (Lipinski definition) is 3. The number of methoxy groups -OCH3 is 1. The van der Waals surface area contributed by atoms with Gasteiger partial charge >= 0.3 is 0 Å². The Hall–Kier alpha value is -1.81. The fraction of sp³-hybridized carbons (Fsp3) is 0.438. The van der Waals surface area contributed by atoms with E-state index in [9.17, 15) is 0 Å². The highest BCUT2D eigenvalue weighted by Gasteiger charge is 2.24. The number of aromatic nitrogens is 2. The van der Waals surface area contributed by atoms with E-state index in [1.807, 2.05) is 43.6 Å². The summed E-state index contributed by atoms with van der Waals surface area (Å²) in [5, 5.41) is 0. The lowest BCUT2D eigenvalue weighted by Crippen LogP contribution is -2.36. The third-order valence-electron chi connectivity index (χ3n) is 3.52. The second kappa shape index (κ2) is 6.09. The Bertz CT molecular complexity index is 560. The number of aryl methyl sites for hydroxylation is 1. The third-order valence-corrected chi connectivity index (χ3v) is 3.52. The molecule has 0 aliphatic rings. The summed E-state index contributed by atoms with van der Waals surface area (Å²) >= 11 is 0. The van der Waals surface area contributed by atoms with Gasteiger partial charge in [0.25, 0.3) is 0 Å². The lowest BCUT2D eigenvalue weighted by atomic mass is 9.89. The SMILES string of the molecule is CCCn1ccnc1CC(C)(N)c1cccc(OC)c1. The highest BCUT2D eigenvalue weighted by atomic mass is 16.5. The van der Waals surface area contributed by atoms with Crippen molar-refractivity contribution in [3.05, 3.63) is 48.0 Å². The Morgan fingerprint density at radius 1 is 1.40 bits per heavy atom. The van der Waals surface area contributed by atoms with Crippen molar-refractivity contribution in [2.24, 2.45) is 5.73 Å². The van der Waals surface area contributed by atoms with Gasteiger partial charge in [0.15, 0.2) is 0 Å². The van der Waals surface area contributed by atoms with Gasteiger partial charge in [-0.3, -0.25) is 0 Å². The molecule has 0 aliphatic carbocycles. The normalized spacial score (nSPS) is 14.0. The van der Waals surface area contributed by atoms with Crippen molar-refractivity contribution < 1.29 is 4.74 Å². The summed E-state index contributed by atoms with van der Waals surface area (Å²) in [4.78, 5) is 4.44. The first-order valence-electron chi connectivity index (χ1n) is 7.00. The first kappa shape index (κ1) is 14.6. The van der Waals surface area contributed by atoms with E-state index in [2.05, 4.69) is 16.5 Å². The van der Waals surface area contributed by atoms with Crippen LogP contribution in [0.25, 0.3) is 0 Å². The minimum absolute atomic E-state index is 0.467. The summed E-state index contributed by atoms with van der Waals surface area (Å²) < 4.78 is 7.44. The molecule has 2 N–H and O–H groups in total. The van der Waals surface area contributed by atoms with E-state index in [0.717, 1.165) is 30.1 Å². The third kappa shape index (κ3) is 3.20. The largest absolute Gasteiger partial charge is 0.497 e. The Balaban J connectivity index is 2.23. The fourth-order valence-corrected chi connectivity index (χ4v) is 2.36. The Kier molecular flexibility index (Phi) is 4.45. The first-order valence-corrected chi connectivity index (χ1v) is 7.00. The van der Waals surface area contributed by atoms with Crippen molar-refractivity contribution in [1.82, 2.24) is 9.55 Å². The topological polar surface area (TPSA) is 53.1 Å². The first-order chi connectivity index (χ1) is 9.56. The minimum atomic E-state index is -0.467. The molecule has 4 nitrogen and oxygen atoms in total. The summed E-state index contributed by atoms with van der Waals surface area (Å²) in [6.07, 6.45) is 5.64. The van der Waals surface area contributed by atoms with E-state index < -0.39 is 5.54 Å². The van der Waals surface area contributed by atoms with Gasteiger partial charge in [-0.05, 0) is 31.0 Å².